The summed E-state index contributed by atoms with van der Waals surface area (Å²) in [6.45, 7) is 3.95. The predicted octanol–water partition coefficient (Wildman–Crippen LogP) is 4.09. The van der Waals surface area contributed by atoms with Gasteiger partial charge in [0.25, 0.3) is 0 Å². The van der Waals surface area contributed by atoms with Crippen molar-refractivity contribution in [3.05, 3.63) is 28.8 Å². The highest BCUT2D eigenvalue weighted by molar-refractivity contribution is 8.23. The second kappa shape index (κ2) is 8.01. The number of nitrogens with one attached hydrogen (secondary N) is 1. The van der Waals surface area contributed by atoms with Gasteiger partial charge in [0.05, 0.1) is 16.5 Å². The van der Waals surface area contributed by atoms with Crippen LogP contribution in [0, 0.1) is 6.92 Å². The fraction of sp³-hybridized carbons (Fsp3) is 0.467. The molecule has 0 saturated carbocycles. The van der Waals surface area contributed by atoms with Crippen molar-refractivity contribution in [1.82, 2.24) is 4.90 Å². The van der Waals surface area contributed by atoms with Gasteiger partial charge in [0, 0.05) is 13.1 Å². The van der Waals surface area contributed by atoms with Gasteiger partial charge in [-0.3, -0.25) is 4.79 Å². The summed E-state index contributed by atoms with van der Waals surface area (Å²) >= 11 is 12.9. The number of nitrogens with zero attached hydrogens (tertiary/aromatic N) is 1. The maximum Gasteiger partial charge on any atom is 0.234 e. The molecule has 0 radical (unpaired) electrons. The molecule has 1 heterocycles. The highest BCUT2D eigenvalue weighted by Gasteiger charge is 2.15. The first-order valence-corrected chi connectivity index (χ1v) is 8.82. The van der Waals surface area contributed by atoms with Crippen molar-refractivity contribution in [3.63, 3.8) is 0 Å². The Hall–Kier alpha value is -0.780. The van der Waals surface area contributed by atoms with Crippen LogP contribution in [0.25, 0.3) is 0 Å². The van der Waals surface area contributed by atoms with Gasteiger partial charge in [0.2, 0.25) is 5.91 Å². The maximum absolute atomic E-state index is 12.0. The highest BCUT2D eigenvalue weighted by Crippen LogP contribution is 2.25. The molecule has 1 aromatic rings. The molecule has 0 bridgehead atoms. The van der Waals surface area contributed by atoms with Crippen LogP contribution in [-0.4, -0.2) is 34.0 Å². The summed E-state index contributed by atoms with van der Waals surface area (Å²) < 4.78 is 0.820. The molecular formula is C15H19ClN2OS2. The molecule has 1 aliphatic heterocycles. The van der Waals surface area contributed by atoms with Gasteiger partial charge in [0.1, 0.15) is 4.32 Å². The van der Waals surface area contributed by atoms with Crippen molar-refractivity contribution in [2.24, 2.45) is 0 Å². The number of halogens is 1. The largest absolute Gasteiger partial charge is 0.358 e. The number of para-hydroxylation sites is 1. The summed E-state index contributed by atoms with van der Waals surface area (Å²) in [6.07, 6.45) is 3.65. The number of thiocarbonyl (C=S) groups is 1. The highest BCUT2D eigenvalue weighted by atomic mass is 35.5. The third-order valence-electron chi connectivity index (χ3n) is 3.43. The standard InChI is InChI=1S/C15H19ClN2OS2/c1-11-6-5-7-12(16)14(11)17-13(19)10-21-15(20)18-8-3-2-4-9-18/h5-7H,2-4,8-10H2,1H3,(H,17,19). The fourth-order valence-electron chi connectivity index (χ4n) is 2.26. The van der Waals surface area contributed by atoms with Crippen LogP contribution in [0.5, 0.6) is 0 Å². The molecule has 1 aromatic carbocycles. The second-order valence-corrected chi connectivity index (χ2v) is 7.10. The maximum atomic E-state index is 12.0. The van der Waals surface area contributed by atoms with Crippen molar-refractivity contribution in [2.75, 3.05) is 24.2 Å². The van der Waals surface area contributed by atoms with E-state index < -0.39 is 0 Å². The first-order valence-electron chi connectivity index (χ1n) is 7.04. The number of carbonyl (C=O) groups is 1. The Balaban J connectivity index is 1.83. The van der Waals surface area contributed by atoms with Gasteiger partial charge >= 0.3 is 0 Å². The van der Waals surface area contributed by atoms with Gasteiger partial charge in [-0.25, -0.2) is 0 Å². The Morgan fingerprint density at radius 3 is 2.76 bits per heavy atom. The molecule has 1 N–H and O–H groups in total. The zero-order valence-corrected chi connectivity index (χ0v) is 14.4. The Kier molecular flexibility index (Phi) is 6.33. The molecule has 1 fully saturated rings. The van der Waals surface area contributed by atoms with Crippen molar-refractivity contribution in [2.45, 2.75) is 26.2 Å². The number of hydrogen-bond acceptors (Lipinski definition) is 3. The summed E-state index contributed by atoms with van der Waals surface area (Å²) in [5.74, 6) is 0.246. The number of benzene rings is 1. The molecule has 1 aliphatic rings. The molecule has 6 heteroatoms. The van der Waals surface area contributed by atoms with E-state index in [2.05, 4.69) is 10.2 Å². The van der Waals surface area contributed by atoms with E-state index in [9.17, 15) is 4.79 Å². The Labute approximate surface area is 140 Å². The number of hydrogen-bond donors (Lipinski definition) is 1. The minimum Gasteiger partial charge on any atom is -0.358 e. The molecule has 3 nitrogen and oxygen atoms in total. The van der Waals surface area contributed by atoms with E-state index in [1.54, 1.807) is 6.07 Å². The fourth-order valence-corrected chi connectivity index (χ4v) is 3.58. The lowest BCUT2D eigenvalue weighted by Crippen LogP contribution is -2.33. The number of aryl methyl sites for hydroxylation is 1. The van der Waals surface area contributed by atoms with Crippen LogP contribution in [0.3, 0.4) is 0 Å². The summed E-state index contributed by atoms with van der Waals surface area (Å²) in [5, 5.41) is 3.43. The molecule has 0 spiro atoms. The van der Waals surface area contributed by atoms with E-state index in [0.717, 1.165) is 23.0 Å². The molecule has 21 heavy (non-hydrogen) atoms. The van der Waals surface area contributed by atoms with Gasteiger partial charge in [-0.2, -0.15) is 0 Å². The monoisotopic (exact) mass is 342 g/mol. The lowest BCUT2D eigenvalue weighted by atomic mass is 10.1. The number of amides is 1. The van der Waals surface area contributed by atoms with Gasteiger partial charge in [-0.1, -0.05) is 47.7 Å². The topological polar surface area (TPSA) is 32.3 Å². The molecule has 1 amide bonds. The van der Waals surface area contributed by atoms with Crippen molar-refractivity contribution in [1.29, 1.82) is 0 Å². The molecule has 0 aliphatic carbocycles. The Morgan fingerprint density at radius 1 is 1.38 bits per heavy atom. The summed E-state index contributed by atoms with van der Waals surface area (Å²) in [7, 11) is 0. The van der Waals surface area contributed by atoms with Crippen LogP contribution < -0.4 is 5.32 Å². The normalized spacial score (nSPS) is 14.9. The van der Waals surface area contributed by atoms with Crippen LogP contribution in [0.2, 0.25) is 5.02 Å². The number of carbonyl (C=O) groups excluding carboxylic acids is 1. The van der Waals surface area contributed by atoms with Crippen LogP contribution >= 0.6 is 35.6 Å². The molecule has 114 valence electrons. The second-order valence-electron chi connectivity index (χ2n) is 5.08. The third-order valence-corrected chi connectivity index (χ3v) is 5.27. The average molecular weight is 343 g/mol. The van der Waals surface area contributed by atoms with E-state index in [0.29, 0.717) is 16.5 Å². The van der Waals surface area contributed by atoms with E-state index in [1.165, 1.54) is 31.0 Å². The minimum atomic E-state index is -0.0736. The number of piperidine rings is 1. The Bertz CT molecular complexity index is 510. The molecule has 0 aromatic heterocycles. The third kappa shape index (κ3) is 4.87. The van der Waals surface area contributed by atoms with E-state index in [1.807, 2.05) is 19.1 Å². The summed E-state index contributed by atoms with van der Waals surface area (Å²) in [5.41, 5.74) is 1.65. The SMILES string of the molecule is Cc1cccc(Cl)c1NC(=O)CSC(=S)N1CCCCC1. The number of likely N-dealkylation sites (tertiary alicyclic amines) is 1. The van der Waals surface area contributed by atoms with Gasteiger partial charge in [0.15, 0.2) is 0 Å². The minimum absolute atomic E-state index is 0.0736. The zero-order valence-electron chi connectivity index (χ0n) is 12.0. The number of thioether (sulfide) groups is 1. The smallest absolute Gasteiger partial charge is 0.234 e. The molecule has 1 saturated heterocycles. The molecule has 0 atom stereocenters. The van der Waals surface area contributed by atoms with Crippen LogP contribution in [0.4, 0.5) is 5.69 Å². The van der Waals surface area contributed by atoms with Gasteiger partial charge < -0.3 is 10.2 Å². The first-order chi connectivity index (χ1) is 10.1. The lowest BCUT2D eigenvalue weighted by molar-refractivity contribution is -0.113. The molecular weight excluding hydrogens is 324 g/mol. The molecule has 0 unspecified atom stereocenters. The van der Waals surface area contributed by atoms with E-state index in [4.69, 9.17) is 23.8 Å². The lowest BCUT2D eigenvalue weighted by Gasteiger charge is -2.28. The average Bonchev–Trinajstić information content (AvgIpc) is 2.49. The quantitative estimate of drug-likeness (QED) is 0.838. The zero-order chi connectivity index (χ0) is 15.2. The van der Waals surface area contributed by atoms with E-state index >= 15 is 0 Å². The van der Waals surface area contributed by atoms with Crippen molar-refractivity contribution < 1.29 is 4.79 Å². The summed E-state index contributed by atoms with van der Waals surface area (Å²) in [4.78, 5) is 14.2. The predicted molar refractivity (Wildman–Crippen MR) is 95.3 cm³/mol. The molecule has 2 rings (SSSR count). The van der Waals surface area contributed by atoms with Crippen LogP contribution in [-0.2, 0) is 4.79 Å². The number of anilines is 1. The Morgan fingerprint density at radius 2 is 2.10 bits per heavy atom. The van der Waals surface area contributed by atoms with E-state index in [-0.39, 0.29) is 5.91 Å². The van der Waals surface area contributed by atoms with Crippen molar-refractivity contribution >= 4 is 51.5 Å². The van der Waals surface area contributed by atoms with Gasteiger partial charge in [-0.15, -0.1) is 0 Å². The van der Waals surface area contributed by atoms with Crippen LogP contribution in [0.15, 0.2) is 18.2 Å². The summed E-state index contributed by atoms with van der Waals surface area (Å²) in [6, 6.07) is 5.57. The van der Waals surface area contributed by atoms with Crippen molar-refractivity contribution in [3.8, 4) is 0 Å². The first kappa shape index (κ1) is 16.6. The van der Waals surface area contributed by atoms with Crippen LogP contribution in [0.1, 0.15) is 24.8 Å². The number of rotatable bonds is 3. The van der Waals surface area contributed by atoms with Gasteiger partial charge in [-0.05, 0) is 37.8 Å².